The van der Waals surface area contributed by atoms with Gasteiger partial charge >= 0.3 is 11.9 Å². The highest BCUT2D eigenvalue weighted by Gasteiger charge is 2.28. The second-order valence-corrected chi connectivity index (χ2v) is 19.0. The molecule has 53 heavy (non-hydrogen) atoms. The maximum atomic E-state index is 12.4. The number of carbonyl (C=O) groups is 2. The predicted molar refractivity (Wildman–Crippen MR) is 217 cm³/mol. The quantitative estimate of drug-likeness (QED) is 0.103. The number of unbranched alkanes of at least 4 members (excludes halogenated alkanes) is 6. The van der Waals surface area contributed by atoms with Gasteiger partial charge in [-0.05, 0) is 106 Å². The molecule has 0 atom stereocenters. The van der Waals surface area contributed by atoms with Crippen molar-refractivity contribution in [1.82, 2.24) is 0 Å². The number of hydrogen-bond donors (Lipinski definition) is 2. The number of aryl methyl sites for hydroxylation is 2. The number of carbonyl (C=O) groups excluding carboxylic acids is 2. The van der Waals surface area contributed by atoms with E-state index in [1.807, 2.05) is 24.3 Å². The van der Waals surface area contributed by atoms with E-state index in [1.54, 1.807) is 0 Å². The van der Waals surface area contributed by atoms with Crippen LogP contribution in [-0.2, 0) is 58.3 Å². The Morgan fingerprint density at radius 2 is 0.717 bits per heavy atom. The summed E-state index contributed by atoms with van der Waals surface area (Å²) < 4.78 is 16.8. The molecule has 0 unspecified atom stereocenters. The van der Waals surface area contributed by atoms with Crippen molar-refractivity contribution in [3.05, 3.63) is 57.6 Å². The van der Waals surface area contributed by atoms with Gasteiger partial charge in [0.2, 0.25) is 0 Å². The topological polar surface area (TPSA) is 102 Å². The van der Waals surface area contributed by atoms with Crippen molar-refractivity contribution in [2.24, 2.45) is 0 Å². The van der Waals surface area contributed by atoms with Crippen molar-refractivity contribution in [3.8, 4) is 11.5 Å². The average molecular weight is 739 g/mol. The van der Waals surface area contributed by atoms with Crippen LogP contribution in [0.1, 0.15) is 181 Å². The lowest BCUT2D eigenvalue weighted by Crippen LogP contribution is -2.18. The predicted octanol–water partition coefficient (Wildman–Crippen LogP) is 11.1. The first-order valence-corrected chi connectivity index (χ1v) is 20.1. The van der Waals surface area contributed by atoms with Crippen molar-refractivity contribution in [3.63, 3.8) is 0 Å². The van der Waals surface area contributed by atoms with Gasteiger partial charge in [-0.1, -0.05) is 120 Å². The first-order valence-electron chi connectivity index (χ1n) is 20.1. The van der Waals surface area contributed by atoms with E-state index in [1.165, 1.54) is 0 Å². The fourth-order valence-electron chi connectivity index (χ4n) is 6.39. The molecule has 2 rings (SSSR count). The third-order valence-electron chi connectivity index (χ3n) is 9.70. The number of phenols is 2. The molecule has 0 radical (unpaired) electrons. The SMILES string of the molecule is CC(C)(C)c1cc(CCC(=O)OCCCCCCOCCCCCCOC(=O)CCc2cc(C(C)(C)C)c(O)c(C(C)(C)C)c2)cc(C(C)(C)C)c1O. The van der Waals surface area contributed by atoms with Crippen LogP contribution in [0.4, 0.5) is 0 Å². The Labute approximate surface area is 322 Å². The molecular weight excluding hydrogens is 664 g/mol. The molecule has 0 bridgehead atoms. The minimum Gasteiger partial charge on any atom is -0.507 e. The number of phenolic OH excluding ortho intramolecular Hbond substituents is 2. The summed E-state index contributed by atoms with van der Waals surface area (Å²) in [6.45, 7) is 27.5. The molecule has 0 aliphatic rings. The summed E-state index contributed by atoms with van der Waals surface area (Å²) in [5, 5.41) is 21.9. The second-order valence-electron chi connectivity index (χ2n) is 19.0. The molecule has 7 heteroatoms. The van der Waals surface area contributed by atoms with Gasteiger partial charge in [-0.25, -0.2) is 0 Å². The van der Waals surface area contributed by atoms with Crippen molar-refractivity contribution in [2.75, 3.05) is 26.4 Å². The van der Waals surface area contributed by atoms with Crippen molar-refractivity contribution in [1.29, 1.82) is 0 Å². The van der Waals surface area contributed by atoms with Crippen LogP contribution < -0.4 is 0 Å². The normalized spacial score (nSPS) is 12.6. The smallest absolute Gasteiger partial charge is 0.306 e. The van der Waals surface area contributed by atoms with Gasteiger partial charge in [0.25, 0.3) is 0 Å². The highest BCUT2D eigenvalue weighted by molar-refractivity contribution is 5.70. The fourth-order valence-corrected chi connectivity index (χ4v) is 6.39. The maximum absolute atomic E-state index is 12.4. The Morgan fingerprint density at radius 3 is 0.981 bits per heavy atom. The zero-order valence-electron chi connectivity index (χ0n) is 35.6. The minimum absolute atomic E-state index is 0.177. The average Bonchev–Trinajstić information content (AvgIpc) is 3.03. The molecule has 0 saturated carbocycles. The van der Waals surface area contributed by atoms with Gasteiger partial charge < -0.3 is 24.4 Å². The molecule has 0 saturated heterocycles. The molecule has 0 aromatic heterocycles. The summed E-state index contributed by atoms with van der Waals surface area (Å²) in [6, 6.07) is 8.14. The molecule has 2 aromatic carbocycles. The van der Waals surface area contributed by atoms with Crippen molar-refractivity contribution >= 4 is 11.9 Å². The summed E-state index contributed by atoms with van der Waals surface area (Å²) >= 11 is 0. The third-order valence-corrected chi connectivity index (χ3v) is 9.70. The first kappa shape index (κ1) is 46.1. The maximum Gasteiger partial charge on any atom is 0.306 e. The summed E-state index contributed by atoms with van der Waals surface area (Å²) in [7, 11) is 0. The summed E-state index contributed by atoms with van der Waals surface area (Å²) in [4.78, 5) is 24.9. The van der Waals surface area contributed by atoms with Crippen LogP contribution in [0.3, 0.4) is 0 Å². The van der Waals surface area contributed by atoms with E-state index >= 15 is 0 Å². The molecule has 0 aliphatic carbocycles. The zero-order chi connectivity index (χ0) is 40.0. The van der Waals surface area contributed by atoms with E-state index in [9.17, 15) is 19.8 Å². The van der Waals surface area contributed by atoms with Crippen LogP contribution in [0.5, 0.6) is 11.5 Å². The molecule has 0 aliphatic heterocycles. The van der Waals surface area contributed by atoms with E-state index in [2.05, 4.69) is 83.1 Å². The zero-order valence-corrected chi connectivity index (χ0v) is 35.6. The summed E-state index contributed by atoms with van der Waals surface area (Å²) in [5.41, 5.74) is 4.98. The largest absolute Gasteiger partial charge is 0.507 e. The molecular formula is C46H74O7. The molecule has 0 heterocycles. The Kier molecular flexibility index (Phi) is 17.9. The fraction of sp³-hybridized carbons (Fsp3) is 0.696. The molecule has 0 amide bonds. The van der Waals surface area contributed by atoms with Crippen molar-refractivity contribution < 1.29 is 34.0 Å². The molecule has 2 N–H and O–H groups in total. The van der Waals surface area contributed by atoms with E-state index < -0.39 is 0 Å². The number of benzene rings is 2. The van der Waals surface area contributed by atoms with Crippen LogP contribution in [0.25, 0.3) is 0 Å². The molecule has 0 spiro atoms. The molecule has 2 aromatic rings. The lowest BCUT2D eigenvalue weighted by Gasteiger charge is -2.28. The van der Waals surface area contributed by atoms with Crippen LogP contribution in [0.2, 0.25) is 0 Å². The summed E-state index contributed by atoms with van der Waals surface area (Å²) in [6.07, 6.45) is 9.64. The Morgan fingerprint density at radius 1 is 0.453 bits per heavy atom. The first-order chi connectivity index (χ1) is 24.5. The second kappa shape index (κ2) is 20.6. The van der Waals surface area contributed by atoms with Gasteiger partial charge in [0.05, 0.1) is 13.2 Å². The highest BCUT2D eigenvalue weighted by atomic mass is 16.5. The molecule has 7 nitrogen and oxygen atoms in total. The van der Waals surface area contributed by atoms with Gasteiger partial charge in [0.1, 0.15) is 11.5 Å². The van der Waals surface area contributed by atoms with E-state index in [-0.39, 0.29) is 33.6 Å². The summed E-state index contributed by atoms with van der Waals surface area (Å²) in [5.74, 6) is 0.366. The number of hydrogen-bond acceptors (Lipinski definition) is 7. The molecule has 0 fully saturated rings. The van der Waals surface area contributed by atoms with E-state index in [0.717, 1.165) is 98.0 Å². The van der Waals surface area contributed by atoms with Gasteiger partial charge in [-0.3, -0.25) is 9.59 Å². The standard InChI is InChI=1S/C46H74O7/c1-43(2,3)35-29-33(30-36(41(35)49)44(4,5)6)21-23-39(47)52-27-19-15-13-17-25-51-26-18-14-16-20-28-53-40(48)24-22-34-31-37(45(7,8)9)42(50)38(32-34)46(10,11)12/h29-32,49-50H,13-28H2,1-12H3. The van der Waals surface area contributed by atoms with Gasteiger partial charge in [-0.15, -0.1) is 0 Å². The number of ether oxygens (including phenoxy) is 3. The van der Waals surface area contributed by atoms with Gasteiger partial charge in [-0.2, -0.15) is 0 Å². The van der Waals surface area contributed by atoms with Crippen LogP contribution >= 0.6 is 0 Å². The van der Waals surface area contributed by atoms with Crippen molar-refractivity contribution in [2.45, 2.75) is 182 Å². The lowest BCUT2D eigenvalue weighted by molar-refractivity contribution is -0.144. The van der Waals surface area contributed by atoms with Crippen LogP contribution in [0, 0.1) is 0 Å². The van der Waals surface area contributed by atoms with Gasteiger partial charge in [0, 0.05) is 26.1 Å². The Balaban J connectivity index is 1.51. The van der Waals surface area contributed by atoms with Crippen LogP contribution in [0.15, 0.2) is 24.3 Å². The van der Waals surface area contributed by atoms with Gasteiger partial charge in [0.15, 0.2) is 0 Å². The highest BCUT2D eigenvalue weighted by Crippen LogP contribution is 2.41. The van der Waals surface area contributed by atoms with E-state index in [0.29, 0.717) is 50.4 Å². The number of aromatic hydroxyl groups is 2. The number of rotatable bonds is 20. The lowest BCUT2D eigenvalue weighted by atomic mass is 9.78. The Hall–Kier alpha value is -3.06. The molecule has 300 valence electrons. The minimum atomic E-state index is -0.196. The van der Waals surface area contributed by atoms with E-state index in [4.69, 9.17) is 14.2 Å². The number of esters is 2. The Bertz CT molecular complexity index is 1260. The monoisotopic (exact) mass is 739 g/mol. The van der Waals surface area contributed by atoms with Crippen LogP contribution in [-0.4, -0.2) is 48.6 Å². The third kappa shape index (κ3) is 16.5.